The molecule has 1 aliphatic rings. The highest BCUT2D eigenvalue weighted by atomic mass is 16.5. The van der Waals surface area contributed by atoms with E-state index in [0.29, 0.717) is 28.3 Å². The summed E-state index contributed by atoms with van der Waals surface area (Å²) in [6.45, 7) is 0. The van der Waals surface area contributed by atoms with Crippen LogP contribution < -0.4 is 0 Å². The number of rotatable bonds is 5. The molecule has 0 aliphatic carbocycles. The molecule has 0 spiro atoms. The fourth-order valence-corrected chi connectivity index (χ4v) is 3.07. The number of carbonyl (C=O) groups excluding carboxylic acids is 2. The average Bonchev–Trinajstić information content (AvgIpc) is 3.56. The SMILES string of the molecule is COC(=O)C1=NC1(C(=O)OC)c1cc(-c2ccccn2)nc(-c2ccccn2)c1. The van der Waals surface area contributed by atoms with Crippen LogP contribution in [0.3, 0.4) is 0 Å². The van der Waals surface area contributed by atoms with Crippen LogP contribution in [0.4, 0.5) is 0 Å². The van der Waals surface area contributed by atoms with Gasteiger partial charge < -0.3 is 9.47 Å². The number of aliphatic imine (C=N–C) groups is 1. The van der Waals surface area contributed by atoms with Crippen LogP contribution in [-0.2, 0) is 24.6 Å². The van der Waals surface area contributed by atoms with Crippen LogP contribution in [0, 0.1) is 0 Å². The molecule has 3 aromatic heterocycles. The van der Waals surface area contributed by atoms with Crippen LogP contribution in [0.15, 0.2) is 65.9 Å². The van der Waals surface area contributed by atoms with E-state index in [9.17, 15) is 9.59 Å². The summed E-state index contributed by atoms with van der Waals surface area (Å²) in [5, 5.41) is 0. The second-order valence-corrected chi connectivity index (χ2v) is 6.21. The summed E-state index contributed by atoms with van der Waals surface area (Å²) < 4.78 is 9.69. The average molecular weight is 388 g/mol. The molecule has 0 saturated carbocycles. The van der Waals surface area contributed by atoms with E-state index >= 15 is 0 Å². The standard InChI is InChI=1S/C21H16N4O4/c1-28-19(26)18-21(25-18,20(27)29-2)13-11-16(14-7-3-5-9-22-14)24-17(12-13)15-8-4-6-10-23-15/h3-12H,1-2H3. The minimum Gasteiger partial charge on any atom is -0.467 e. The lowest BCUT2D eigenvalue weighted by Crippen LogP contribution is -2.33. The van der Waals surface area contributed by atoms with Crippen LogP contribution in [0.1, 0.15) is 5.56 Å². The van der Waals surface area contributed by atoms with Crippen LogP contribution in [-0.4, -0.2) is 46.8 Å². The number of hydrogen-bond acceptors (Lipinski definition) is 8. The first-order valence-electron chi connectivity index (χ1n) is 8.72. The van der Waals surface area contributed by atoms with E-state index in [1.807, 2.05) is 12.1 Å². The number of esters is 2. The molecule has 1 aliphatic heterocycles. The second kappa shape index (κ2) is 7.23. The van der Waals surface area contributed by atoms with E-state index in [2.05, 4.69) is 19.9 Å². The smallest absolute Gasteiger partial charge is 0.355 e. The largest absolute Gasteiger partial charge is 0.467 e. The monoisotopic (exact) mass is 388 g/mol. The Labute approximate surface area is 166 Å². The third-order valence-electron chi connectivity index (χ3n) is 4.53. The van der Waals surface area contributed by atoms with Crippen molar-refractivity contribution in [2.75, 3.05) is 14.2 Å². The van der Waals surface area contributed by atoms with Crippen molar-refractivity contribution in [2.24, 2.45) is 4.99 Å². The molecule has 0 N–H and O–H groups in total. The van der Waals surface area contributed by atoms with Gasteiger partial charge in [-0.2, -0.15) is 0 Å². The van der Waals surface area contributed by atoms with Gasteiger partial charge in [0.05, 0.1) is 37.0 Å². The Morgan fingerprint density at radius 1 is 0.828 bits per heavy atom. The highest BCUT2D eigenvalue weighted by Crippen LogP contribution is 2.43. The topological polar surface area (TPSA) is 104 Å². The molecule has 0 saturated heterocycles. The zero-order valence-electron chi connectivity index (χ0n) is 15.7. The molecule has 4 heterocycles. The van der Waals surface area contributed by atoms with E-state index in [0.717, 1.165) is 0 Å². The van der Waals surface area contributed by atoms with Crippen molar-refractivity contribution in [1.82, 2.24) is 15.0 Å². The van der Waals surface area contributed by atoms with Crippen LogP contribution in [0.5, 0.6) is 0 Å². The predicted molar refractivity (Wildman–Crippen MR) is 104 cm³/mol. The lowest BCUT2D eigenvalue weighted by molar-refractivity contribution is -0.144. The number of pyridine rings is 3. The van der Waals surface area contributed by atoms with E-state index in [1.54, 1.807) is 48.8 Å². The lowest BCUT2D eigenvalue weighted by Gasteiger charge is -2.15. The van der Waals surface area contributed by atoms with Gasteiger partial charge in [0.2, 0.25) is 5.54 Å². The fourth-order valence-electron chi connectivity index (χ4n) is 3.07. The second-order valence-electron chi connectivity index (χ2n) is 6.21. The highest BCUT2D eigenvalue weighted by molar-refractivity contribution is 6.51. The molecule has 29 heavy (non-hydrogen) atoms. The van der Waals surface area contributed by atoms with Crippen molar-refractivity contribution >= 4 is 17.7 Å². The highest BCUT2D eigenvalue weighted by Gasteiger charge is 2.61. The molecule has 8 nitrogen and oxygen atoms in total. The third-order valence-corrected chi connectivity index (χ3v) is 4.53. The van der Waals surface area contributed by atoms with Gasteiger partial charge in [-0.15, -0.1) is 0 Å². The molecule has 0 amide bonds. The van der Waals surface area contributed by atoms with Crippen LogP contribution >= 0.6 is 0 Å². The maximum absolute atomic E-state index is 12.6. The summed E-state index contributed by atoms with van der Waals surface area (Å²) in [6.07, 6.45) is 3.29. The summed E-state index contributed by atoms with van der Waals surface area (Å²) in [4.78, 5) is 42.2. The minimum atomic E-state index is -1.56. The summed E-state index contributed by atoms with van der Waals surface area (Å²) in [6, 6.07) is 14.2. The molecule has 4 rings (SSSR count). The van der Waals surface area contributed by atoms with Crippen LogP contribution in [0.25, 0.3) is 22.8 Å². The number of ether oxygens (including phenoxy) is 2. The maximum atomic E-state index is 12.6. The molecule has 1 atom stereocenters. The van der Waals surface area contributed by atoms with Gasteiger partial charge in [-0.1, -0.05) is 12.1 Å². The van der Waals surface area contributed by atoms with Crippen molar-refractivity contribution < 1.29 is 19.1 Å². The number of methoxy groups -OCH3 is 2. The van der Waals surface area contributed by atoms with E-state index in [1.165, 1.54) is 14.2 Å². The van der Waals surface area contributed by atoms with Gasteiger partial charge in [0.1, 0.15) is 0 Å². The van der Waals surface area contributed by atoms with Crippen molar-refractivity contribution in [3.05, 3.63) is 66.5 Å². The number of carbonyl (C=O) groups is 2. The molecule has 0 fully saturated rings. The van der Waals surface area contributed by atoms with Crippen molar-refractivity contribution in [3.63, 3.8) is 0 Å². The first kappa shape index (κ1) is 18.4. The summed E-state index contributed by atoms with van der Waals surface area (Å²) in [5.74, 6) is -1.37. The fraction of sp³-hybridized carbons (Fsp3) is 0.143. The Morgan fingerprint density at radius 2 is 1.41 bits per heavy atom. The number of nitrogens with zero attached hydrogens (tertiary/aromatic N) is 4. The van der Waals surface area contributed by atoms with E-state index < -0.39 is 17.5 Å². The Bertz CT molecular complexity index is 1060. The van der Waals surface area contributed by atoms with Gasteiger partial charge >= 0.3 is 11.9 Å². The Hall–Kier alpha value is -3.94. The predicted octanol–water partition coefficient (Wildman–Crippen LogP) is 2.20. The van der Waals surface area contributed by atoms with Gasteiger partial charge in [-0.05, 0) is 36.4 Å². The first-order valence-corrected chi connectivity index (χ1v) is 8.72. The molecule has 8 heteroatoms. The van der Waals surface area contributed by atoms with Crippen LogP contribution in [0.2, 0.25) is 0 Å². The summed E-state index contributed by atoms with van der Waals surface area (Å²) in [5.41, 5.74) is 1.09. The molecule has 0 aromatic carbocycles. The summed E-state index contributed by atoms with van der Waals surface area (Å²) in [7, 11) is 2.48. The first-order chi connectivity index (χ1) is 14.1. The maximum Gasteiger partial charge on any atom is 0.355 e. The number of aromatic nitrogens is 3. The molecule has 144 valence electrons. The lowest BCUT2D eigenvalue weighted by atomic mass is 9.92. The van der Waals surface area contributed by atoms with Gasteiger partial charge in [0.25, 0.3) is 0 Å². The molecule has 0 bridgehead atoms. The van der Waals surface area contributed by atoms with Crippen molar-refractivity contribution in [1.29, 1.82) is 0 Å². The van der Waals surface area contributed by atoms with E-state index in [4.69, 9.17) is 9.47 Å². The van der Waals surface area contributed by atoms with Crippen molar-refractivity contribution in [2.45, 2.75) is 5.54 Å². The van der Waals surface area contributed by atoms with Gasteiger partial charge in [-0.25, -0.2) is 19.6 Å². The van der Waals surface area contributed by atoms with Gasteiger partial charge in [-0.3, -0.25) is 9.97 Å². The normalized spacial score (nSPS) is 17.2. The van der Waals surface area contributed by atoms with E-state index in [-0.39, 0.29) is 5.71 Å². The molecular formula is C21H16N4O4. The zero-order valence-corrected chi connectivity index (χ0v) is 15.7. The Balaban J connectivity index is 1.91. The Kier molecular flexibility index (Phi) is 4.59. The molecular weight excluding hydrogens is 372 g/mol. The van der Waals surface area contributed by atoms with Gasteiger partial charge in [0.15, 0.2) is 5.71 Å². The van der Waals surface area contributed by atoms with Gasteiger partial charge in [0, 0.05) is 18.0 Å². The number of hydrogen-bond donors (Lipinski definition) is 0. The summed E-state index contributed by atoms with van der Waals surface area (Å²) >= 11 is 0. The third kappa shape index (κ3) is 3.14. The van der Waals surface area contributed by atoms with Crippen molar-refractivity contribution in [3.8, 4) is 22.8 Å². The Morgan fingerprint density at radius 3 is 1.86 bits per heavy atom. The quantitative estimate of drug-likeness (QED) is 0.617. The molecule has 1 unspecified atom stereocenters. The minimum absolute atomic E-state index is 0.0167. The molecule has 3 aromatic rings. The zero-order chi connectivity index (χ0) is 20.4. The molecule has 0 radical (unpaired) electrons.